The monoisotopic (exact) mass is 273 g/mol. The van der Waals surface area contributed by atoms with Gasteiger partial charge in [-0.1, -0.05) is 11.6 Å². The predicted octanol–water partition coefficient (Wildman–Crippen LogP) is 3.95. The number of aromatic nitrogens is 1. The van der Waals surface area contributed by atoms with E-state index in [2.05, 4.69) is 26.0 Å². The molecule has 0 unspecified atom stereocenters. The minimum absolute atomic E-state index is 0.127. The van der Waals surface area contributed by atoms with Crippen LogP contribution in [0.5, 0.6) is 5.88 Å². The number of hydrogen-bond acceptors (Lipinski definition) is 3. The van der Waals surface area contributed by atoms with Crippen molar-refractivity contribution < 1.29 is 5.11 Å². The van der Waals surface area contributed by atoms with Gasteiger partial charge in [0, 0.05) is 14.9 Å². The van der Waals surface area contributed by atoms with Crippen LogP contribution in [-0.4, -0.2) is 10.1 Å². The smallest absolute Gasteiger partial charge is 0.218 e. The van der Waals surface area contributed by atoms with Crippen molar-refractivity contribution in [3.05, 3.63) is 21.6 Å². The van der Waals surface area contributed by atoms with Crippen molar-refractivity contribution in [1.29, 1.82) is 5.53 Å². The number of rotatable bonds is 1. The van der Waals surface area contributed by atoms with Gasteiger partial charge in [-0.05, 0) is 28.1 Å². The van der Waals surface area contributed by atoms with Crippen LogP contribution in [0, 0.1) is 5.53 Å². The van der Waals surface area contributed by atoms with Crippen LogP contribution >= 0.6 is 27.5 Å². The summed E-state index contributed by atoms with van der Waals surface area (Å²) in [7, 11) is 0. The molecule has 0 aliphatic heterocycles. The topological polar surface area (TPSA) is 72.2 Å². The number of nitrogens with zero attached hydrogens (tertiary/aromatic N) is 1. The van der Waals surface area contributed by atoms with Crippen molar-refractivity contribution in [3.63, 3.8) is 0 Å². The standard InChI is InChI=1S/C8H5BrClN3O/c9-5-2-3(10)1-4-6(5)12-8(14)7(4)13-11/h1-2,11-12,14H. The number of benzene rings is 1. The first kappa shape index (κ1) is 9.48. The third-order valence-electron chi connectivity index (χ3n) is 1.89. The number of hydrogen-bond donors (Lipinski definition) is 3. The summed E-state index contributed by atoms with van der Waals surface area (Å²) in [5.74, 6) is -0.127. The minimum Gasteiger partial charge on any atom is -0.493 e. The largest absolute Gasteiger partial charge is 0.493 e. The second kappa shape index (κ2) is 3.25. The molecule has 72 valence electrons. The zero-order chi connectivity index (χ0) is 10.3. The molecule has 6 heteroatoms. The third kappa shape index (κ3) is 1.29. The van der Waals surface area contributed by atoms with Crippen molar-refractivity contribution in [2.75, 3.05) is 0 Å². The van der Waals surface area contributed by atoms with Gasteiger partial charge in [-0.15, -0.1) is 0 Å². The molecule has 1 heterocycles. The fraction of sp³-hybridized carbons (Fsp3) is 0. The molecule has 0 fully saturated rings. The van der Waals surface area contributed by atoms with E-state index < -0.39 is 0 Å². The molecule has 2 aromatic rings. The highest BCUT2D eigenvalue weighted by Gasteiger charge is 2.12. The fourth-order valence-electron chi connectivity index (χ4n) is 1.31. The van der Waals surface area contributed by atoms with Gasteiger partial charge in [0.25, 0.3) is 0 Å². The summed E-state index contributed by atoms with van der Waals surface area (Å²) >= 11 is 9.13. The fourth-order valence-corrected chi connectivity index (χ4v) is 2.22. The lowest BCUT2D eigenvalue weighted by Gasteiger charge is -1.95. The van der Waals surface area contributed by atoms with Gasteiger partial charge in [0.05, 0.1) is 5.52 Å². The Morgan fingerprint density at radius 2 is 2.21 bits per heavy atom. The Hall–Kier alpha value is -1.07. The molecule has 0 aliphatic rings. The molecule has 0 atom stereocenters. The van der Waals surface area contributed by atoms with Crippen molar-refractivity contribution >= 4 is 44.1 Å². The van der Waals surface area contributed by atoms with Crippen LogP contribution in [0.25, 0.3) is 10.9 Å². The molecule has 4 nitrogen and oxygen atoms in total. The first-order valence-corrected chi connectivity index (χ1v) is 4.87. The molecule has 0 aliphatic carbocycles. The van der Waals surface area contributed by atoms with Gasteiger partial charge in [0.15, 0.2) is 5.69 Å². The molecule has 0 amide bonds. The van der Waals surface area contributed by atoms with Gasteiger partial charge in [-0.2, -0.15) is 5.11 Å². The lowest BCUT2D eigenvalue weighted by Crippen LogP contribution is -1.71. The van der Waals surface area contributed by atoms with Crippen molar-refractivity contribution in [1.82, 2.24) is 4.98 Å². The molecule has 2 rings (SSSR count). The van der Waals surface area contributed by atoms with Crippen LogP contribution in [0.2, 0.25) is 5.02 Å². The molecule has 3 N–H and O–H groups in total. The quantitative estimate of drug-likeness (QED) is 0.677. The second-order valence-electron chi connectivity index (χ2n) is 2.74. The maximum atomic E-state index is 9.42. The molecule has 1 aromatic heterocycles. The van der Waals surface area contributed by atoms with E-state index in [1.54, 1.807) is 12.1 Å². The Kier molecular flexibility index (Phi) is 2.20. The summed E-state index contributed by atoms with van der Waals surface area (Å²) in [6, 6.07) is 3.35. The van der Waals surface area contributed by atoms with E-state index in [-0.39, 0.29) is 11.6 Å². The van der Waals surface area contributed by atoms with Gasteiger partial charge in [0.2, 0.25) is 5.88 Å². The lowest BCUT2D eigenvalue weighted by atomic mass is 10.2. The van der Waals surface area contributed by atoms with E-state index in [0.717, 1.165) is 4.47 Å². The highest BCUT2D eigenvalue weighted by atomic mass is 79.9. The van der Waals surface area contributed by atoms with Crippen LogP contribution in [0.4, 0.5) is 5.69 Å². The Morgan fingerprint density at radius 3 is 2.86 bits per heavy atom. The highest BCUT2D eigenvalue weighted by Crippen LogP contribution is 2.39. The van der Waals surface area contributed by atoms with Gasteiger partial charge in [0.1, 0.15) is 0 Å². The first-order chi connectivity index (χ1) is 6.63. The zero-order valence-electron chi connectivity index (χ0n) is 6.81. The Morgan fingerprint density at radius 1 is 1.50 bits per heavy atom. The number of fused-ring (bicyclic) bond motifs is 1. The molecule has 0 radical (unpaired) electrons. The molecule has 0 saturated carbocycles. The molecule has 0 saturated heterocycles. The normalized spacial score (nSPS) is 10.7. The SMILES string of the molecule is N=Nc1c(O)[nH]c2c(Br)cc(Cl)cc12. The number of halogens is 2. The molecule has 14 heavy (non-hydrogen) atoms. The average Bonchev–Trinajstić information content (AvgIpc) is 2.41. The Balaban J connectivity index is 2.94. The third-order valence-corrected chi connectivity index (χ3v) is 2.73. The van der Waals surface area contributed by atoms with Crippen molar-refractivity contribution in [3.8, 4) is 5.88 Å². The Bertz CT molecular complexity index is 523. The number of nitrogens with one attached hydrogen (secondary N) is 2. The summed E-state index contributed by atoms with van der Waals surface area (Å²) in [5, 5.41) is 13.8. The summed E-state index contributed by atoms with van der Waals surface area (Å²) in [4.78, 5) is 2.71. The number of aromatic hydroxyl groups is 1. The molecule has 0 bridgehead atoms. The van der Waals surface area contributed by atoms with E-state index >= 15 is 0 Å². The highest BCUT2D eigenvalue weighted by molar-refractivity contribution is 9.10. The van der Waals surface area contributed by atoms with Crippen LogP contribution in [0.1, 0.15) is 0 Å². The average molecular weight is 275 g/mol. The van der Waals surface area contributed by atoms with Gasteiger partial charge >= 0.3 is 0 Å². The van der Waals surface area contributed by atoms with Gasteiger partial charge < -0.3 is 10.1 Å². The number of H-pyrrole nitrogens is 1. The van der Waals surface area contributed by atoms with E-state index in [9.17, 15) is 5.11 Å². The minimum atomic E-state index is -0.127. The van der Waals surface area contributed by atoms with E-state index in [1.165, 1.54) is 0 Å². The maximum absolute atomic E-state index is 9.42. The second-order valence-corrected chi connectivity index (χ2v) is 4.03. The van der Waals surface area contributed by atoms with E-state index in [4.69, 9.17) is 17.1 Å². The molecular formula is C8H5BrClN3O. The van der Waals surface area contributed by atoms with Crippen molar-refractivity contribution in [2.24, 2.45) is 5.11 Å². The van der Waals surface area contributed by atoms with E-state index in [1.807, 2.05) is 0 Å². The van der Waals surface area contributed by atoms with E-state index in [0.29, 0.717) is 15.9 Å². The molecule has 1 aromatic carbocycles. The maximum Gasteiger partial charge on any atom is 0.218 e. The summed E-state index contributed by atoms with van der Waals surface area (Å²) < 4.78 is 0.727. The van der Waals surface area contributed by atoms with Gasteiger partial charge in [-0.25, -0.2) is 5.53 Å². The molecular weight excluding hydrogens is 269 g/mol. The predicted molar refractivity (Wildman–Crippen MR) is 57.5 cm³/mol. The lowest BCUT2D eigenvalue weighted by molar-refractivity contribution is 0.459. The van der Waals surface area contributed by atoms with Crippen LogP contribution in [-0.2, 0) is 0 Å². The zero-order valence-corrected chi connectivity index (χ0v) is 9.15. The number of aromatic amines is 1. The molecule has 0 spiro atoms. The summed E-state index contributed by atoms with van der Waals surface area (Å²) in [5.41, 5.74) is 7.79. The first-order valence-electron chi connectivity index (χ1n) is 3.70. The Labute approximate surface area is 92.5 Å². The van der Waals surface area contributed by atoms with Gasteiger partial charge in [-0.3, -0.25) is 0 Å². The summed E-state index contributed by atoms with van der Waals surface area (Å²) in [6.07, 6.45) is 0. The summed E-state index contributed by atoms with van der Waals surface area (Å²) in [6.45, 7) is 0. The van der Waals surface area contributed by atoms with Crippen molar-refractivity contribution in [2.45, 2.75) is 0 Å². The van der Waals surface area contributed by atoms with Crippen LogP contribution in [0.15, 0.2) is 21.7 Å². The van der Waals surface area contributed by atoms with Crippen LogP contribution in [0.3, 0.4) is 0 Å². The van der Waals surface area contributed by atoms with Crippen LogP contribution < -0.4 is 0 Å².